The van der Waals surface area contributed by atoms with Crippen LogP contribution in [0.4, 0.5) is 5.69 Å². The predicted molar refractivity (Wildman–Crippen MR) is 55.7 cm³/mol. The lowest BCUT2D eigenvalue weighted by molar-refractivity contribution is 0.812. The second kappa shape index (κ2) is 6.06. The standard InChI is InChI=1S/C7H11N3.2ClH/c1-5(8)6-2-7(9)4-10-3-6;;/h2-5H,8-9H2,1H3;2*1H/t5-;;/m1../s1. The van der Waals surface area contributed by atoms with E-state index in [1.807, 2.05) is 13.0 Å². The van der Waals surface area contributed by atoms with Gasteiger partial charge in [-0.05, 0) is 18.6 Å². The molecule has 0 aromatic carbocycles. The van der Waals surface area contributed by atoms with Crippen LogP contribution in [0.5, 0.6) is 0 Å². The quantitative estimate of drug-likeness (QED) is 0.738. The summed E-state index contributed by atoms with van der Waals surface area (Å²) in [4.78, 5) is 3.90. The fourth-order valence-corrected chi connectivity index (χ4v) is 0.725. The van der Waals surface area contributed by atoms with Gasteiger partial charge >= 0.3 is 0 Å². The van der Waals surface area contributed by atoms with E-state index in [0.717, 1.165) is 5.56 Å². The van der Waals surface area contributed by atoms with Gasteiger partial charge in [-0.3, -0.25) is 4.98 Å². The number of nitrogens with zero attached hydrogens (tertiary/aromatic N) is 1. The van der Waals surface area contributed by atoms with E-state index in [2.05, 4.69) is 4.98 Å². The van der Waals surface area contributed by atoms with Gasteiger partial charge in [0.15, 0.2) is 0 Å². The average Bonchev–Trinajstić information content (AvgIpc) is 1.88. The third-order valence-electron chi connectivity index (χ3n) is 1.31. The summed E-state index contributed by atoms with van der Waals surface area (Å²) in [5, 5.41) is 0. The van der Waals surface area contributed by atoms with Crippen molar-refractivity contribution in [1.29, 1.82) is 0 Å². The van der Waals surface area contributed by atoms with Crippen molar-refractivity contribution in [2.45, 2.75) is 13.0 Å². The molecular weight excluding hydrogens is 197 g/mol. The molecule has 5 heteroatoms. The average molecular weight is 210 g/mol. The molecule has 1 aromatic heterocycles. The van der Waals surface area contributed by atoms with Crippen LogP contribution in [-0.4, -0.2) is 4.98 Å². The highest BCUT2D eigenvalue weighted by Gasteiger charge is 1.97. The Labute approximate surface area is 84.4 Å². The molecule has 70 valence electrons. The van der Waals surface area contributed by atoms with E-state index in [-0.39, 0.29) is 30.9 Å². The van der Waals surface area contributed by atoms with Crippen LogP contribution in [0.25, 0.3) is 0 Å². The minimum absolute atomic E-state index is 0. The molecule has 3 nitrogen and oxygen atoms in total. The van der Waals surface area contributed by atoms with Gasteiger partial charge in [-0.1, -0.05) is 0 Å². The fourth-order valence-electron chi connectivity index (χ4n) is 0.725. The smallest absolute Gasteiger partial charge is 0.0503 e. The van der Waals surface area contributed by atoms with Crippen molar-refractivity contribution in [3.63, 3.8) is 0 Å². The zero-order chi connectivity index (χ0) is 7.56. The molecular formula is C7H13Cl2N3. The summed E-state index contributed by atoms with van der Waals surface area (Å²) in [5.74, 6) is 0. The molecule has 0 saturated heterocycles. The molecule has 1 aromatic rings. The number of halogens is 2. The van der Waals surface area contributed by atoms with Crippen molar-refractivity contribution < 1.29 is 0 Å². The highest BCUT2D eigenvalue weighted by Crippen LogP contribution is 2.10. The highest BCUT2D eigenvalue weighted by atomic mass is 35.5. The maximum absolute atomic E-state index is 5.59. The fraction of sp³-hybridized carbons (Fsp3) is 0.286. The number of hydrogen-bond donors (Lipinski definition) is 2. The van der Waals surface area contributed by atoms with Crippen molar-refractivity contribution in [2.75, 3.05) is 5.73 Å². The molecule has 1 heterocycles. The van der Waals surface area contributed by atoms with Crippen LogP contribution in [0.3, 0.4) is 0 Å². The Morgan fingerprint density at radius 1 is 1.33 bits per heavy atom. The van der Waals surface area contributed by atoms with Crippen molar-refractivity contribution >= 4 is 30.5 Å². The number of aromatic nitrogens is 1. The topological polar surface area (TPSA) is 64.9 Å². The van der Waals surface area contributed by atoms with Crippen molar-refractivity contribution in [2.24, 2.45) is 5.73 Å². The maximum atomic E-state index is 5.59. The summed E-state index contributed by atoms with van der Waals surface area (Å²) >= 11 is 0. The molecule has 0 fully saturated rings. The number of nitrogens with two attached hydrogens (primary N) is 2. The number of rotatable bonds is 1. The Morgan fingerprint density at radius 3 is 2.25 bits per heavy atom. The Balaban J connectivity index is 0. The first-order valence-corrected chi connectivity index (χ1v) is 3.16. The van der Waals surface area contributed by atoms with Gasteiger partial charge < -0.3 is 11.5 Å². The number of nitrogen functional groups attached to an aromatic ring is 1. The number of pyridine rings is 1. The number of anilines is 1. The van der Waals surface area contributed by atoms with Gasteiger partial charge in [0, 0.05) is 18.4 Å². The van der Waals surface area contributed by atoms with E-state index in [0.29, 0.717) is 5.69 Å². The summed E-state index contributed by atoms with van der Waals surface area (Å²) in [6.07, 6.45) is 3.33. The summed E-state index contributed by atoms with van der Waals surface area (Å²) in [7, 11) is 0. The second-order valence-electron chi connectivity index (χ2n) is 2.34. The minimum atomic E-state index is 0. The molecule has 4 N–H and O–H groups in total. The van der Waals surface area contributed by atoms with Gasteiger partial charge in [-0.15, -0.1) is 24.8 Å². The summed E-state index contributed by atoms with van der Waals surface area (Å²) in [5.41, 5.74) is 12.7. The van der Waals surface area contributed by atoms with Crippen molar-refractivity contribution in [3.05, 3.63) is 24.0 Å². The molecule has 0 spiro atoms. The Bertz CT molecular complexity index is 228. The van der Waals surface area contributed by atoms with E-state index in [1.54, 1.807) is 12.4 Å². The predicted octanol–water partition coefficient (Wildman–Crippen LogP) is 1.53. The Kier molecular flexibility index (Phi) is 7.09. The summed E-state index contributed by atoms with van der Waals surface area (Å²) < 4.78 is 0. The molecule has 0 unspecified atom stereocenters. The van der Waals surface area contributed by atoms with E-state index in [9.17, 15) is 0 Å². The third-order valence-corrected chi connectivity index (χ3v) is 1.31. The monoisotopic (exact) mass is 209 g/mol. The van der Waals surface area contributed by atoms with Crippen LogP contribution in [0.2, 0.25) is 0 Å². The molecule has 0 aliphatic carbocycles. The van der Waals surface area contributed by atoms with Gasteiger partial charge in [0.05, 0.1) is 5.69 Å². The minimum Gasteiger partial charge on any atom is -0.397 e. The molecule has 1 atom stereocenters. The lowest BCUT2D eigenvalue weighted by Crippen LogP contribution is -2.05. The largest absolute Gasteiger partial charge is 0.397 e. The van der Waals surface area contributed by atoms with E-state index in [1.165, 1.54) is 0 Å². The second-order valence-corrected chi connectivity index (χ2v) is 2.34. The van der Waals surface area contributed by atoms with Crippen LogP contribution in [0, 0.1) is 0 Å². The lowest BCUT2D eigenvalue weighted by Gasteiger charge is -2.03. The highest BCUT2D eigenvalue weighted by molar-refractivity contribution is 5.85. The van der Waals surface area contributed by atoms with Crippen LogP contribution < -0.4 is 11.5 Å². The van der Waals surface area contributed by atoms with Crippen LogP contribution in [-0.2, 0) is 0 Å². The number of hydrogen-bond acceptors (Lipinski definition) is 3. The van der Waals surface area contributed by atoms with Crippen molar-refractivity contribution in [1.82, 2.24) is 4.98 Å². The zero-order valence-electron chi connectivity index (χ0n) is 6.73. The molecule has 1 rings (SSSR count). The van der Waals surface area contributed by atoms with Gasteiger partial charge in [0.25, 0.3) is 0 Å². The maximum Gasteiger partial charge on any atom is 0.0503 e. The lowest BCUT2D eigenvalue weighted by atomic mass is 10.1. The van der Waals surface area contributed by atoms with E-state index >= 15 is 0 Å². The van der Waals surface area contributed by atoms with Gasteiger partial charge in [0.2, 0.25) is 0 Å². The van der Waals surface area contributed by atoms with E-state index < -0.39 is 0 Å². The molecule has 0 amide bonds. The Morgan fingerprint density at radius 2 is 1.92 bits per heavy atom. The molecule has 0 radical (unpaired) electrons. The Hall–Kier alpha value is -0.510. The first kappa shape index (κ1) is 14.0. The van der Waals surface area contributed by atoms with E-state index in [4.69, 9.17) is 11.5 Å². The summed E-state index contributed by atoms with van der Waals surface area (Å²) in [6, 6.07) is 1.84. The normalized spacial score (nSPS) is 10.8. The van der Waals surface area contributed by atoms with Gasteiger partial charge in [0.1, 0.15) is 0 Å². The van der Waals surface area contributed by atoms with Crippen LogP contribution in [0.1, 0.15) is 18.5 Å². The molecule has 0 aliphatic rings. The van der Waals surface area contributed by atoms with Crippen LogP contribution >= 0.6 is 24.8 Å². The molecule has 0 saturated carbocycles. The molecule has 12 heavy (non-hydrogen) atoms. The third kappa shape index (κ3) is 3.76. The van der Waals surface area contributed by atoms with Crippen LogP contribution in [0.15, 0.2) is 18.5 Å². The zero-order valence-corrected chi connectivity index (χ0v) is 8.36. The van der Waals surface area contributed by atoms with Gasteiger partial charge in [-0.25, -0.2) is 0 Å². The molecule has 0 bridgehead atoms. The molecule has 0 aliphatic heterocycles. The first-order valence-electron chi connectivity index (χ1n) is 3.16. The van der Waals surface area contributed by atoms with Crippen molar-refractivity contribution in [3.8, 4) is 0 Å². The first-order chi connectivity index (χ1) is 4.70. The summed E-state index contributed by atoms with van der Waals surface area (Å²) in [6.45, 7) is 1.90. The SMILES string of the molecule is C[C@@H](N)c1cncc(N)c1.Cl.Cl. The van der Waals surface area contributed by atoms with Gasteiger partial charge in [-0.2, -0.15) is 0 Å².